The van der Waals surface area contributed by atoms with Crippen molar-refractivity contribution in [1.82, 2.24) is 19.3 Å². The molecule has 0 saturated heterocycles. The van der Waals surface area contributed by atoms with Crippen LogP contribution in [0.15, 0.2) is 23.1 Å². The van der Waals surface area contributed by atoms with Crippen molar-refractivity contribution in [2.45, 2.75) is 38.5 Å². The molecule has 0 spiro atoms. The molecule has 7 nitrogen and oxygen atoms in total. The van der Waals surface area contributed by atoms with Crippen molar-refractivity contribution in [3.8, 4) is 0 Å². The van der Waals surface area contributed by atoms with E-state index in [2.05, 4.69) is 10.1 Å². The summed E-state index contributed by atoms with van der Waals surface area (Å²) < 4.78 is 46.7. The van der Waals surface area contributed by atoms with E-state index >= 15 is 0 Å². The fourth-order valence-electron chi connectivity index (χ4n) is 3.06. The highest BCUT2D eigenvalue weighted by Gasteiger charge is 2.47. The molecule has 2 atom stereocenters. The Morgan fingerprint density at radius 2 is 2.15 bits per heavy atom. The predicted octanol–water partition coefficient (Wildman–Crippen LogP) is 2.37. The molecule has 0 bridgehead atoms. The maximum Gasteiger partial charge on any atom is 0.392 e. The maximum atomic E-state index is 13.3. The van der Waals surface area contributed by atoms with E-state index in [9.17, 15) is 22.8 Å². The first-order valence-corrected chi connectivity index (χ1v) is 8.60. The zero-order valence-electron chi connectivity index (χ0n) is 14.2. The molecule has 0 aromatic carbocycles. The summed E-state index contributed by atoms with van der Waals surface area (Å²) in [5, 5.41) is 4.29. The van der Waals surface area contributed by atoms with Crippen molar-refractivity contribution in [3.05, 3.63) is 45.4 Å². The molecule has 146 valence electrons. The molecule has 0 amide bonds. The van der Waals surface area contributed by atoms with Gasteiger partial charge < -0.3 is 4.74 Å². The lowest BCUT2D eigenvalue weighted by Crippen LogP contribution is -2.41. The summed E-state index contributed by atoms with van der Waals surface area (Å²) in [7, 11) is 0. The second-order valence-electron chi connectivity index (χ2n) is 6.16. The highest BCUT2D eigenvalue weighted by atomic mass is 35.5. The number of carbonyl (C=O) groups is 1. The van der Waals surface area contributed by atoms with Gasteiger partial charge in [-0.05, 0) is 25.0 Å². The molecule has 1 aliphatic rings. The van der Waals surface area contributed by atoms with Gasteiger partial charge >= 0.3 is 17.8 Å². The third-order valence-corrected chi connectivity index (χ3v) is 4.56. The van der Waals surface area contributed by atoms with Crippen LogP contribution in [-0.4, -0.2) is 38.1 Å². The Morgan fingerprint density at radius 1 is 1.41 bits per heavy atom. The molecule has 3 heterocycles. The molecule has 11 heteroatoms. The first kappa shape index (κ1) is 19.4. The summed E-state index contributed by atoms with van der Waals surface area (Å²) >= 11 is 5.71. The average molecular weight is 405 g/mol. The standard InChI is InChI=1S/C16H16ClF3N4O3/c1-2-27-14(25)11-5-10(16(18,19)20)6-13-22-23(15(26)24(11)13)8-9-3-4-12(17)21-7-9/h3-4,7,10-11H,2,5-6,8H2,1H3. The van der Waals surface area contributed by atoms with E-state index in [0.717, 1.165) is 9.25 Å². The number of alkyl halides is 3. The largest absolute Gasteiger partial charge is 0.464 e. The van der Waals surface area contributed by atoms with Gasteiger partial charge in [0, 0.05) is 12.6 Å². The van der Waals surface area contributed by atoms with Crippen molar-refractivity contribution in [2.24, 2.45) is 5.92 Å². The number of halogens is 4. The Balaban J connectivity index is 1.99. The number of aromatic nitrogens is 4. The van der Waals surface area contributed by atoms with Gasteiger partial charge in [0.25, 0.3) is 0 Å². The third kappa shape index (κ3) is 4.00. The van der Waals surface area contributed by atoms with Crippen LogP contribution in [0.4, 0.5) is 13.2 Å². The zero-order valence-corrected chi connectivity index (χ0v) is 15.0. The Hall–Kier alpha value is -2.36. The fraction of sp³-hybridized carbons (Fsp3) is 0.500. The van der Waals surface area contributed by atoms with E-state index in [1.54, 1.807) is 13.0 Å². The topological polar surface area (TPSA) is 79.0 Å². The first-order chi connectivity index (χ1) is 12.7. The molecule has 1 aliphatic heterocycles. The summed E-state index contributed by atoms with van der Waals surface area (Å²) in [5.41, 5.74) is -0.0735. The molecule has 0 fully saturated rings. The highest BCUT2D eigenvalue weighted by molar-refractivity contribution is 6.29. The lowest BCUT2D eigenvalue weighted by Gasteiger charge is -2.29. The number of ether oxygens (including phenoxy) is 1. The molecule has 0 radical (unpaired) electrons. The van der Waals surface area contributed by atoms with Crippen LogP contribution >= 0.6 is 11.6 Å². The van der Waals surface area contributed by atoms with Crippen molar-refractivity contribution < 1.29 is 22.7 Å². The molecule has 2 unspecified atom stereocenters. The van der Waals surface area contributed by atoms with Crippen molar-refractivity contribution in [2.75, 3.05) is 6.61 Å². The van der Waals surface area contributed by atoms with Gasteiger partial charge in [-0.25, -0.2) is 19.3 Å². The van der Waals surface area contributed by atoms with Gasteiger partial charge in [0.05, 0.1) is 19.1 Å². The Bertz CT molecular complexity index is 892. The van der Waals surface area contributed by atoms with E-state index in [1.807, 2.05) is 0 Å². The fourth-order valence-corrected chi connectivity index (χ4v) is 3.17. The lowest BCUT2D eigenvalue weighted by molar-refractivity contribution is -0.184. The van der Waals surface area contributed by atoms with Crippen LogP contribution in [0.2, 0.25) is 5.15 Å². The van der Waals surface area contributed by atoms with Crippen molar-refractivity contribution >= 4 is 17.6 Å². The van der Waals surface area contributed by atoms with E-state index in [4.69, 9.17) is 16.3 Å². The molecule has 2 aromatic heterocycles. The minimum absolute atomic E-state index is 0.000678. The highest BCUT2D eigenvalue weighted by Crippen LogP contribution is 2.38. The summed E-state index contributed by atoms with van der Waals surface area (Å²) in [6.45, 7) is 1.54. The number of nitrogens with zero attached hydrogens (tertiary/aromatic N) is 4. The van der Waals surface area contributed by atoms with Crippen LogP contribution in [0.25, 0.3) is 0 Å². The minimum atomic E-state index is -4.50. The molecule has 2 aromatic rings. The van der Waals surface area contributed by atoms with Crippen LogP contribution in [-0.2, 0) is 22.5 Å². The second-order valence-corrected chi connectivity index (χ2v) is 6.55. The van der Waals surface area contributed by atoms with Gasteiger partial charge in [-0.3, -0.25) is 4.57 Å². The maximum absolute atomic E-state index is 13.3. The van der Waals surface area contributed by atoms with Gasteiger partial charge in [-0.15, -0.1) is 0 Å². The van der Waals surface area contributed by atoms with Crippen LogP contribution in [0.1, 0.15) is 30.8 Å². The number of hydrogen-bond donors (Lipinski definition) is 0. The zero-order chi connectivity index (χ0) is 19.8. The number of hydrogen-bond acceptors (Lipinski definition) is 5. The van der Waals surface area contributed by atoms with E-state index in [0.29, 0.717) is 5.56 Å². The molecular weight excluding hydrogens is 389 g/mol. The van der Waals surface area contributed by atoms with Crippen LogP contribution in [0.3, 0.4) is 0 Å². The summed E-state index contributed by atoms with van der Waals surface area (Å²) in [6, 6.07) is 1.80. The summed E-state index contributed by atoms with van der Waals surface area (Å²) in [4.78, 5) is 28.8. The summed E-state index contributed by atoms with van der Waals surface area (Å²) in [5.74, 6) is -2.73. The van der Waals surface area contributed by atoms with E-state index in [-0.39, 0.29) is 24.1 Å². The number of carbonyl (C=O) groups excluding carboxylic acids is 1. The van der Waals surface area contributed by atoms with Gasteiger partial charge in [-0.2, -0.15) is 18.3 Å². The minimum Gasteiger partial charge on any atom is -0.464 e. The van der Waals surface area contributed by atoms with Crippen LogP contribution in [0.5, 0.6) is 0 Å². The smallest absolute Gasteiger partial charge is 0.392 e. The molecular formula is C16H16ClF3N4O3. The van der Waals surface area contributed by atoms with E-state index in [1.165, 1.54) is 12.3 Å². The Labute approximate surface area is 156 Å². The van der Waals surface area contributed by atoms with Gasteiger partial charge in [-0.1, -0.05) is 17.7 Å². The van der Waals surface area contributed by atoms with E-state index < -0.39 is 42.6 Å². The third-order valence-electron chi connectivity index (χ3n) is 4.33. The second kappa shape index (κ2) is 7.34. The molecule has 0 aliphatic carbocycles. The first-order valence-electron chi connectivity index (χ1n) is 8.22. The van der Waals surface area contributed by atoms with Crippen molar-refractivity contribution in [3.63, 3.8) is 0 Å². The Morgan fingerprint density at radius 3 is 2.74 bits per heavy atom. The monoisotopic (exact) mass is 404 g/mol. The molecule has 27 heavy (non-hydrogen) atoms. The quantitative estimate of drug-likeness (QED) is 0.577. The van der Waals surface area contributed by atoms with Gasteiger partial charge in [0.15, 0.2) is 0 Å². The van der Waals surface area contributed by atoms with Crippen LogP contribution < -0.4 is 5.69 Å². The molecule has 0 saturated carbocycles. The molecule has 0 N–H and O–H groups in total. The average Bonchev–Trinajstić information content (AvgIpc) is 2.91. The number of rotatable bonds is 4. The molecule has 3 rings (SSSR count). The van der Waals surface area contributed by atoms with Crippen molar-refractivity contribution in [1.29, 1.82) is 0 Å². The number of fused-ring (bicyclic) bond motifs is 1. The summed E-state index contributed by atoms with van der Waals surface area (Å²) in [6.07, 6.45) is -4.09. The lowest BCUT2D eigenvalue weighted by atomic mass is 9.91. The van der Waals surface area contributed by atoms with Crippen LogP contribution in [0, 0.1) is 5.92 Å². The normalized spacial score (nSPS) is 19.6. The number of pyridine rings is 1. The SMILES string of the molecule is CCOC(=O)C1CC(C(F)(F)F)Cc2nn(Cc3ccc(Cl)nc3)c(=O)n21. The van der Waals surface area contributed by atoms with Gasteiger partial charge in [0.2, 0.25) is 0 Å². The number of esters is 1. The van der Waals surface area contributed by atoms with Gasteiger partial charge in [0.1, 0.15) is 17.0 Å². The predicted molar refractivity (Wildman–Crippen MR) is 88.4 cm³/mol. The Kier molecular flexibility index (Phi) is 5.27.